The van der Waals surface area contributed by atoms with Gasteiger partial charge in [0, 0.05) is 18.5 Å². The highest BCUT2D eigenvalue weighted by Gasteiger charge is 2.40. The van der Waals surface area contributed by atoms with Gasteiger partial charge in [0.15, 0.2) is 15.0 Å². The first-order valence-corrected chi connectivity index (χ1v) is 9.36. The van der Waals surface area contributed by atoms with Crippen molar-refractivity contribution in [3.8, 4) is 0 Å². The number of aromatic nitrogens is 2. The lowest BCUT2D eigenvalue weighted by molar-refractivity contribution is 0.0912. The molecule has 3 heterocycles. The van der Waals surface area contributed by atoms with E-state index in [1.165, 1.54) is 22.5 Å². The summed E-state index contributed by atoms with van der Waals surface area (Å²) in [5, 5.41) is 3.30. The van der Waals surface area contributed by atoms with Crippen LogP contribution in [0.25, 0.3) is 0 Å². The van der Waals surface area contributed by atoms with Crippen molar-refractivity contribution in [2.75, 3.05) is 17.3 Å². The summed E-state index contributed by atoms with van der Waals surface area (Å²) >= 11 is 1.48. The van der Waals surface area contributed by atoms with Gasteiger partial charge in [0.2, 0.25) is 0 Å². The van der Waals surface area contributed by atoms with E-state index in [-0.39, 0.29) is 22.6 Å². The van der Waals surface area contributed by atoms with Crippen LogP contribution in [-0.2, 0) is 16.4 Å². The molecule has 2 aliphatic heterocycles. The average molecular weight is 329 g/mol. The van der Waals surface area contributed by atoms with Gasteiger partial charge >= 0.3 is 0 Å². The highest BCUT2D eigenvalue weighted by atomic mass is 32.2. The van der Waals surface area contributed by atoms with Gasteiger partial charge in [-0.25, -0.2) is 13.4 Å². The van der Waals surface area contributed by atoms with Crippen molar-refractivity contribution in [2.24, 2.45) is 0 Å². The zero-order chi connectivity index (χ0) is 15.3. The summed E-state index contributed by atoms with van der Waals surface area (Å²) in [6.07, 6.45) is 1.63. The molecule has 0 saturated carbocycles. The Hall–Kier alpha value is -1.35. The first-order valence-electron chi connectivity index (χ1n) is 6.55. The molecule has 1 aromatic heterocycles. The van der Waals surface area contributed by atoms with Crippen molar-refractivity contribution in [1.82, 2.24) is 14.9 Å². The molecule has 7 nitrogen and oxygen atoms in total. The summed E-state index contributed by atoms with van der Waals surface area (Å²) in [4.78, 5) is 28.6. The van der Waals surface area contributed by atoms with Crippen LogP contribution in [0.5, 0.6) is 0 Å². The predicted molar refractivity (Wildman–Crippen MR) is 78.4 cm³/mol. The Morgan fingerprint density at radius 2 is 2.29 bits per heavy atom. The number of carbonyl (C=O) groups is 1. The van der Waals surface area contributed by atoms with E-state index < -0.39 is 21.3 Å². The summed E-state index contributed by atoms with van der Waals surface area (Å²) in [6.45, 7) is 2.22. The fraction of sp³-hybridized carbons (Fsp3) is 0.583. The third-order valence-corrected chi connectivity index (χ3v) is 6.59. The molecule has 0 bridgehead atoms. The third kappa shape index (κ3) is 2.71. The van der Waals surface area contributed by atoms with Crippen LogP contribution in [0.2, 0.25) is 0 Å². The van der Waals surface area contributed by atoms with Gasteiger partial charge in [-0.3, -0.25) is 14.2 Å². The molecule has 1 N–H and O–H groups in total. The second-order valence-corrected chi connectivity index (χ2v) is 8.86. The Labute approximate surface area is 126 Å². The zero-order valence-electron chi connectivity index (χ0n) is 11.5. The molecule has 3 rings (SSSR count). The number of sulfone groups is 1. The van der Waals surface area contributed by atoms with E-state index in [2.05, 4.69) is 10.3 Å². The number of hydrogen-bond acceptors (Lipinski definition) is 6. The minimum absolute atomic E-state index is 0.0354. The summed E-state index contributed by atoms with van der Waals surface area (Å²) in [5.74, 6) is 0.172. The van der Waals surface area contributed by atoms with E-state index >= 15 is 0 Å². The van der Waals surface area contributed by atoms with E-state index in [9.17, 15) is 18.0 Å². The molecule has 0 aromatic carbocycles. The molecular formula is C12H15N3O4S2. The topological polar surface area (TPSA) is 98.1 Å². The smallest absolute Gasteiger partial charge is 0.267 e. The van der Waals surface area contributed by atoms with Gasteiger partial charge in [0.05, 0.1) is 17.0 Å². The van der Waals surface area contributed by atoms with Gasteiger partial charge in [-0.1, -0.05) is 11.8 Å². The van der Waals surface area contributed by atoms with Crippen molar-refractivity contribution in [2.45, 2.75) is 30.6 Å². The van der Waals surface area contributed by atoms with Gasteiger partial charge in [-0.2, -0.15) is 0 Å². The third-order valence-electron chi connectivity index (χ3n) is 3.72. The number of fused-ring (bicyclic) bond motifs is 1. The van der Waals surface area contributed by atoms with Crippen LogP contribution in [-0.4, -0.2) is 46.7 Å². The molecule has 1 fully saturated rings. The van der Waals surface area contributed by atoms with Crippen LogP contribution in [0.15, 0.2) is 16.1 Å². The van der Waals surface area contributed by atoms with Crippen molar-refractivity contribution >= 4 is 27.5 Å². The van der Waals surface area contributed by atoms with Crippen LogP contribution in [0.4, 0.5) is 0 Å². The molecule has 1 saturated heterocycles. The molecule has 0 spiro atoms. The highest BCUT2D eigenvalue weighted by Crippen LogP contribution is 2.24. The molecule has 1 atom stereocenters. The van der Waals surface area contributed by atoms with E-state index in [0.717, 1.165) is 5.75 Å². The number of amides is 1. The van der Waals surface area contributed by atoms with E-state index in [4.69, 9.17) is 0 Å². The second kappa shape index (κ2) is 4.84. The Kier molecular flexibility index (Phi) is 3.36. The van der Waals surface area contributed by atoms with Crippen molar-refractivity contribution in [1.29, 1.82) is 0 Å². The molecule has 2 aliphatic rings. The Morgan fingerprint density at radius 1 is 1.52 bits per heavy atom. The van der Waals surface area contributed by atoms with Crippen LogP contribution in [0, 0.1) is 0 Å². The molecule has 1 aromatic rings. The molecular weight excluding hydrogens is 314 g/mol. The summed E-state index contributed by atoms with van der Waals surface area (Å²) < 4.78 is 24.6. The largest absolute Gasteiger partial charge is 0.346 e. The maximum Gasteiger partial charge on any atom is 0.267 e. The van der Waals surface area contributed by atoms with Gasteiger partial charge in [0.25, 0.3) is 11.5 Å². The Bertz CT molecular complexity index is 771. The zero-order valence-corrected chi connectivity index (χ0v) is 13.1. The summed E-state index contributed by atoms with van der Waals surface area (Å²) in [7, 11) is -3.12. The maximum absolute atomic E-state index is 12.3. The van der Waals surface area contributed by atoms with E-state index in [0.29, 0.717) is 18.1 Å². The number of nitrogens with zero attached hydrogens (tertiary/aromatic N) is 2. The molecule has 9 heteroatoms. The first-order chi connectivity index (χ1) is 9.80. The molecule has 0 unspecified atom stereocenters. The highest BCUT2D eigenvalue weighted by molar-refractivity contribution is 7.99. The van der Waals surface area contributed by atoms with E-state index in [1.54, 1.807) is 6.92 Å². The molecule has 21 heavy (non-hydrogen) atoms. The lowest BCUT2D eigenvalue weighted by atomic mass is 10.0. The van der Waals surface area contributed by atoms with Crippen molar-refractivity contribution < 1.29 is 13.2 Å². The molecule has 0 aliphatic carbocycles. The van der Waals surface area contributed by atoms with Gasteiger partial charge in [0.1, 0.15) is 5.56 Å². The molecule has 1 amide bonds. The van der Waals surface area contributed by atoms with Gasteiger partial charge in [-0.15, -0.1) is 0 Å². The van der Waals surface area contributed by atoms with E-state index in [1.807, 2.05) is 0 Å². The fourth-order valence-corrected chi connectivity index (χ4v) is 5.63. The fourth-order valence-electron chi connectivity index (χ4n) is 2.62. The van der Waals surface area contributed by atoms with Gasteiger partial charge in [-0.05, 0) is 13.3 Å². The van der Waals surface area contributed by atoms with Crippen LogP contribution < -0.4 is 10.9 Å². The monoisotopic (exact) mass is 329 g/mol. The number of carbonyl (C=O) groups excluding carboxylic acids is 1. The average Bonchev–Trinajstić information content (AvgIpc) is 2.94. The predicted octanol–water partition coefficient (Wildman–Crippen LogP) is -0.344. The number of nitrogens with one attached hydrogen (secondary N) is 1. The summed E-state index contributed by atoms with van der Waals surface area (Å²) in [6, 6.07) is 0. The number of thioether (sulfide) groups is 1. The van der Waals surface area contributed by atoms with Crippen molar-refractivity contribution in [3.05, 3.63) is 22.1 Å². The second-order valence-electron chi connectivity index (χ2n) is 5.62. The minimum atomic E-state index is -3.12. The normalized spacial score (nSPS) is 26.5. The SMILES string of the molecule is C[C@@]1(NC(=O)c2cnc3n(c2=O)CCS3)CCS(=O)(=O)C1. The number of rotatable bonds is 2. The number of hydrogen-bond donors (Lipinski definition) is 1. The lowest BCUT2D eigenvalue weighted by Gasteiger charge is -2.23. The van der Waals surface area contributed by atoms with Crippen LogP contribution in [0.1, 0.15) is 23.7 Å². The first kappa shape index (κ1) is 14.6. The van der Waals surface area contributed by atoms with Crippen molar-refractivity contribution in [3.63, 3.8) is 0 Å². The van der Waals surface area contributed by atoms with Crippen LogP contribution >= 0.6 is 11.8 Å². The minimum Gasteiger partial charge on any atom is -0.346 e. The molecule has 0 radical (unpaired) electrons. The quantitative estimate of drug-likeness (QED) is 0.745. The Morgan fingerprint density at radius 3 is 2.95 bits per heavy atom. The lowest BCUT2D eigenvalue weighted by Crippen LogP contribution is -2.48. The van der Waals surface area contributed by atoms with Gasteiger partial charge < -0.3 is 5.32 Å². The Balaban J connectivity index is 1.86. The summed E-state index contributed by atoms with van der Waals surface area (Å²) in [5.41, 5.74) is -1.22. The van der Waals surface area contributed by atoms with Crippen LogP contribution in [0.3, 0.4) is 0 Å². The molecule has 114 valence electrons. The standard InChI is InChI=1S/C12H15N3O4S2/c1-12(2-5-21(18,19)7-12)14-9(16)8-6-13-11-15(10(8)17)3-4-20-11/h6H,2-5,7H2,1H3,(H,14,16)/t12-/m1/s1. The maximum atomic E-state index is 12.3.